The van der Waals surface area contributed by atoms with E-state index >= 15 is 0 Å². The number of rotatable bonds is 4. The number of para-hydroxylation sites is 1. The van der Waals surface area contributed by atoms with Crippen LogP contribution in [0.4, 0.5) is 17.1 Å². The lowest BCUT2D eigenvalue weighted by Crippen LogP contribution is -2.48. The number of non-ortho nitro benzene ring substituents is 1. The first-order chi connectivity index (χ1) is 17.4. The number of fused-ring (bicyclic) bond motifs is 5. The number of halogens is 1. The molecule has 3 aromatic carbocycles. The van der Waals surface area contributed by atoms with Gasteiger partial charge >= 0.3 is 0 Å². The van der Waals surface area contributed by atoms with Gasteiger partial charge < -0.3 is 4.90 Å². The fraction of sp³-hybridized carbons (Fsp3) is 0.148. The SMILES string of the molecule is O=C(c1ccccc1)[C@H]1[C@H]2C(=O)N(c3cc([N+](=O)[O-])ccc3Cl)C(=O)[C@H]2[C@@H]2C=Cc3ccccc3N21. The summed E-state index contributed by atoms with van der Waals surface area (Å²) >= 11 is 6.31. The molecule has 0 radical (unpaired) electrons. The first-order valence-electron chi connectivity index (χ1n) is 11.3. The van der Waals surface area contributed by atoms with Gasteiger partial charge in [0.15, 0.2) is 5.78 Å². The predicted octanol–water partition coefficient (Wildman–Crippen LogP) is 4.52. The Bertz CT molecular complexity index is 1490. The lowest BCUT2D eigenvalue weighted by molar-refractivity contribution is -0.384. The molecule has 3 aromatic rings. The zero-order valence-corrected chi connectivity index (χ0v) is 19.4. The van der Waals surface area contributed by atoms with Crippen LogP contribution >= 0.6 is 11.6 Å². The number of carbonyl (C=O) groups excluding carboxylic acids is 3. The molecule has 2 saturated heterocycles. The summed E-state index contributed by atoms with van der Waals surface area (Å²) in [4.78, 5) is 55.1. The van der Waals surface area contributed by atoms with Crippen LogP contribution in [0.2, 0.25) is 5.02 Å². The molecule has 0 unspecified atom stereocenters. The van der Waals surface area contributed by atoms with Crippen molar-refractivity contribution in [1.29, 1.82) is 0 Å². The third-order valence-corrected chi connectivity index (χ3v) is 7.44. The van der Waals surface area contributed by atoms with Gasteiger partial charge in [0.05, 0.1) is 33.5 Å². The second-order valence-corrected chi connectivity index (χ2v) is 9.35. The van der Waals surface area contributed by atoms with Crippen LogP contribution in [0.5, 0.6) is 0 Å². The largest absolute Gasteiger partial charge is 0.352 e. The average Bonchev–Trinajstić information content (AvgIpc) is 3.37. The van der Waals surface area contributed by atoms with Gasteiger partial charge in [-0.25, -0.2) is 4.90 Å². The number of anilines is 2. The van der Waals surface area contributed by atoms with Crippen molar-refractivity contribution in [3.8, 4) is 0 Å². The molecule has 6 rings (SSSR count). The number of nitrogens with zero attached hydrogens (tertiary/aromatic N) is 3. The standard InChI is InChI=1S/C27H18ClN3O5/c28-18-12-11-17(31(35)36)14-21(18)30-26(33)22-20-13-10-15-6-4-5-9-19(15)29(20)24(23(22)27(30)34)25(32)16-7-2-1-3-8-16/h1-14,20,22-24H/t20-,22-,23-,24+/m0/s1. The van der Waals surface area contributed by atoms with E-state index in [1.165, 1.54) is 12.1 Å². The third kappa shape index (κ3) is 3.11. The minimum Gasteiger partial charge on any atom is -0.352 e. The van der Waals surface area contributed by atoms with Crippen LogP contribution in [0.3, 0.4) is 0 Å². The monoisotopic (exact) mass is 499 g/mol. The Morgan fingerprint density at radius 1 is 0.889 bits per heavy atom. The molecule has 0 saturated carbocycles. The van der Waals surface area contributed by atoms with Gasteiger partial charge in [0.25, 0.3) is 5.69 Å². The van der Waals surface area contributed by atoms with Crippen molar-refractivity contribution >= 4 is 52.3 Å². The zero-order chi connectivity index (χ0) is 25.1. The maximum absolute atomic E-state index is 13.9. The molecule has 3 aliphatic heterocycles. The lowest BCUT2D eigenvalue weighted by atomic mass is 9.86. The van der Waals surface area contributed by atoms with Gasteiger partial charge in [-0.05, 0) is 17.7 Å². The first-order valence-corrected chi connectivity index (χ1v) is 11.7. The van der Waals surface area contributed by atoms with Gasteiger partial charge in [-0.3, -0.25) is 24.5 Å². The van der Waals surface area contributed by atoms with E-state index in [9.17, 15) is 24.5 Å². The Hall–Kier alpha value is -4.30. The van der Waals surface area contributed by atoms with Crippen molar-refractivity contribution in [2.75, 3.05) is 9.80 Å². The van der Waals surface area contributed by atoms with Crippen molar-refractivity contribution in [2.24, 2.45) is 11.8 Å². The van der Waals surface area contributed by atoms with Gasteiger partial charge in [-0.15, -0.1) is 0 Å². The molecule has 0 N–H and O–H groups in total. The van der Waals surface area contributed by atoms with Crippen LogP contribution in [-0.4, -0.2) is 34.6 Å². The maximum Gasteiger partial charge on any atom is 0.271 e. The molecular formula is C27H18ClN3O5. The molecule has 36 heavy (non-hydrogen) atoms. The Balaban J connectivity index is 1.50. The van der Waals surface area contributed by atoms with E-state index in [0.717, 1.165) is 22.2 Å². The number of ketones is 1. The van der Waals surface area contributed by atoms with Crippen molar-refractivity contribution < 1.29 is 19.3 Å². The van der Waals surface area contributed by atoms with Crippen molar-refractivity contribution in [3.05, 3.63) is 105 Å². The number of imide groups is 1. The van der Waals surface area contributed by atoms with Gasteiger partial charge in [-0.1, -0.05) is 72.3 Å². The predicted molar refractivity (Wildman–Crippen MR) is 134 cm³/mol. The summed E-state index contributed by atoms with van der Waals surface area (Å²) in [5.74, 6) is -3.24. The molecule has 3 aliphatic rings. The van der Waals surface area contributed by atoms with Gasteiger partial charge in [0.2, 0.25) is 11.8 Å². The molecule has 8 nitrogen and oxygen atoms in total. The second-order valence-electron chi connectivity index (χ2n) is 8.95. The van der Waals surface area contributed by atoms with Crippen LogP contribution in [-0.2, 0) is 9.59 Å². The fourth-order valence-corrected chi connectivity index (χ4v) is 5.81. The summed E-state index contributed by atoms with van der Waals surface area (Å²) in [6.45, 7) is 0. The van der Waals surface area contributed by atoms with E-state index in [2.05, 4.69) is 0 Å². The highest BCUT2D eigenvalue weighted by molar-refractivity contribution is 6.36. The van der Waals surface area contributed by atoms with E-state index in [4.69, 9.17) is 11.6 Å². The molecule has 2 amide bonds. The number of benzene rings is 3. The van der Waals surface area contributed by atoms with Crippen LogP contribution in [0.25, 0.3) is 6.08 Å². The Morgan fingerprint density at radius 3 is 2.33 bits per heavy atom. The first kappa shape index (κ1) is 22.2. The van der Waals surface area contributed by atoms with Crippen LogP contribution in [0, 0.1) is 22.0 Å². The number of hydrogen-bond acceptors (Lipinski definition) is 6. The molecule has 2 fully saturated rings. The highest BCUT2D eigenvalue weighted by Crippen LogP contribution is 2.50. The van der Waals surface area contributed by atoms with Gasteiger partial charge in [0, 0.05) is 23.4 Å². The Morgan fingerprint density at radius 2 is 1.58 bits per heavy atom. The van der Waals surface area contributed by atoms with E-state index in [1.54, 1.807) is 30.3 Å². The Labute approximate surface area is 210 Å². The van der Waals surface area contributed by atoms with Crippen LogP contribution in [0.15, 0.2) is 78.9 Å². The number of carbonyl (C=O) groups is 3. The summed E-state index contributed by atoms with van der Waals surface area (Å²) < 4.78 is 0. The molecule has 9 heteroatoms. The number of amides is 2. The topological polar surface area (TPSA) is 101 Å². The highest BCUT2D eigenvalue weighted by atomic mass is 35.5. The minimum absolute atomic E-state index is 0.0367. The molecule has 178 valence electrons. The molecule has 0 bridgehead atoms. The minimum atomic E-state index is -0.985. The summed E-state index contributed by atoms with van der Waals surface area (Å²) in [6, 6.07) is 18.3. The van der Waals surface area contributed by atoms with Crippen molar-refractivity contribution in [1.82, 2.24) is 0 Å². The smallest absolute Gasteiger partial charge is 0.271 e. The maximum atomic E-state index is 13.9. The van der Waals surface area contributed by atoms with E-state index in [0.29, 0.717) is 5.56 Å². The second kappa shape index (κ2) is 8.13. The summed E-state index contributed by atoms with van der Waals surface area (Å²) in [6.07, 6.45) is 3.74. The summed E-state index contributed by atoms with van der Waals surface area (Å²) in [5.41, 5.74) is 1.75. The van der Waals surface area contributed by atoms with E-state index in [-0.39, 0.29) is 22.2 Å². The molecule has 0 spiro atoms. The van der Waals surface area contributed by atoms with E-state index < -0.39 is 40.7 Å². The van der Waals surface area contributed by atoms with Crippen molar-refractivity contribution in [3.63, 3.8) is 0 Å². The lowest BCUT2D eigenvalue weighted by Gasteiger charge is -2.36. The number of nitro benzene ring substituents is 1. The summed E-state index contributed by atoms with van der Waals surface area (Å²) in [7, 11) is 0. The molecule has 0 aliphatic carbocycles. The number of hydrogen-bond donors (Lipinski definition) is 0. The average molecular weight is 500 g/mol. The van der Waals surface area contributed by atoms with Crippen LogP contribution in [0.1, 0.15) is 15.9 Å². The van der Waals surface area contributed by atoms with Gasteiger partial charge in [-0.2, -0.15) is 0 Å². The Kier molecular flexibility index (Phi) is 5.01. The van der Waals surface area contributed by atoms with E-state index in [1.807, 2.05) is 41.3 Å². The molecule has 3 heterocycles. The molecular weight excluding hydrogens is 482 g/mol. The highest BCUT2D eigenvalue weighted by Gasteiger charge is 2.64. The summed E-state index contributed by atoms with van der Waals surface area (Å²) in [5, 5.41) is 11.4. The quantitative estimate of drug-likeness (QED) is 0.226. The number of nitro groups is 1. The number of Topliss-reactive ketones (excluding diaryl/α,β-unsaturated/α-hetero) is 1. The zero-order valence-electron chi connectivity index (χ0n) is 18.7. The third-order valence-electron chi connectivity index (χ3n) is 7.12. The normalized spacial score (nSPS) is 23.9. The molecule has 4 atom stereocenters. The van der Waals surface area contributed by atoms with Crippen LogP contribution < -0.4 is 9.80 Å². The van der Waals surface area contributed by atoms with Crippen molar-refractivity contribution in [2.45, 2.75) is 12.1 Å². The fourth-order valence-electron chi connectivity index (χ4n) is 5.61. The van der Waals surface area contributed by atoms with Gasteiger partial charge in [0.1, 0.15) is 6.04 Å². The molecule has 0 aromatic heterocycles.